The molecule has 0 N–H and O–H groups in total. The van der Waals surface area contributed by atoms with Gasteiger partial charge in [-0.1, -0.05) is 23.4 Å². The molecule has 1 amide bonds. The van der Waals surface area contributed by atoms with Crippen molar-refractivity contribution in [2.75, 3.05) is 14.1 Å². The molecule has 1 atom stereocenters. The molecule has 0 radical (unpaired) electrons. The third-order valence-corrected chi connectivity index (χ3v) is 7.33. The van der Waals surface area contributed by atoms with E-state index in [-0.39, 0.29) is 34.1 Å². The van der Waals surface area contributed by atoms with Crippen molar-refractivity contribution in [3.8, 4) is 0 Å². The Bertz CT molecular complexity index is 1320. The number of carbonyl (C=O) groups excluding carboxylic acids is 2. The van der Waals surface area contributed by atoms with Crippen molar-refractivity contribution < 1.29 is 32.0 Å². The van der Waals surface area contributed by atoms with E-state index in [1.165, 1.54) is 32.2 Å². The lowest BCUT2D eigenvalue weighted by atomic mass is 10.0. The van der Waals surface area contributed by atoms with Crippen LogP contribution in [0.5, 0.6) is 0 Å². The van der Waals surface area contributed by atoms with Crippen molar-refractivity contribution in [2.45, 2.75) is 52.2 Å². The number of nitrogens with zero attached hydrogens (tertiary/aromatic N) is 3. The number of carbonyl (C=O) groups is 2. The summed E-state index contributed by atoms with van der Waals surface area (Å²) in [6.07, 6.45) is 2.69. The molecular weight excluding hydrogens is 489 g/mol. The Morgan fingerprint density at radius 1 is 1.25 bits per heavy atom. The van der Waals surface area contributed by atoms with Crippen molar-refractivity contribution >= 4 is 27.4 Å². The minimum atomic E-state index is -4.07. The highest BCUT2D eigenvalue weighted by molar-refractivity contribution is 7.96. The average molecular weight is 520 g/mol. The minimum Gasteiger partial charge on any atom is -0.455 e. The molecule has 1 fully saturated rings. The zero-order valence-corrected chi connectivity index (χ0v) is 22.1. The van der Waals surface area contributed by atoms with Crippen LogP contribution in [0.2, 0.25) is 0 Å². The number of ether oxygens (including phenoxy) is 1. The van der Waals surface area contributed by atoms with Gasteiger partial charge in [0, 0.05) is 31.4 Å². The van der Waals surface area contributed by atoms with E-state index < -0.39 is 38.5 Å². The number of amides is 1. The smallest absolute Gasteiger partial charge is 0.355 e. The molecule has 1 unspecified atom stereocenters. The molecule has 2 aliphatic heterocycles. The average Bonchev–Trinajstić information content (AvgIpc) is 2.74. The van der Waals surface area contributed by atoms with Crippen molar-refractivity contribution in [3.63, 3.8) is 0 Å². The summed E-state index contributed by atoms with van der Waals surface area (Å²) in [7, 11) is -0.762. The standard InChI is InChI=1S/C25H30FN3O6S/c1-15(27-34-14-17-10-8-9-11-19(17)26)12-18-22(30)29-21(24(31)35-25(3,4)5)16(2)20(13-28(6)7)36(32,33)23(18)29/h8-13,23H,14H2,1-7H3/b18-12-,20-13+,27-15+. The number of allylic oxidation sites excluding steroid dienone is 2. The van der Waals surface area contributed by atoms with Gasteiger partial charge in [0.05, 0.1) is 16.2 Å². The fourth-order valence-corrected chi connectivity index (χ4v) is 5.87. The van der Waals surface area contributed by atoms with E-state index in [0.29, 0.717) is 5.56 Å². The molecule has 1 aromatic rings. The number of rotatable bonds is 6. The van der Waals surface area contributed by atoms with Gasteiger partial charge in [0.15, 0.2) is 5.37 Å². The highest BCUT2D eigenvalue weighted by Crippen LogP contribution is 2.45. The lowest BCUT2D eigenvalue weighted by molar-refractivity contribution is -0.155. The molecule has 1 aromatic carbocycles. The fourth-order valence-electron chi connectivity index (χ4n) is 3.77. The summed E-state index contributed by atoms with van der Waals surface area (Å²) in [6.45, 7) is 7.89. The predicted molar refractivity (Wildman–Crippen MR) is 132 cm³/mol. The molecular formula is C25H30FN3O6S. The van der Waals surface area contributed by atoms with E-state index in [0.717, 1.165) is 4.90 Å². The van der Waals surface area contributed by atoms with Gasteiger partial charge in [-0.2, -0.15) is 0 Å². The number of oxime groups is 1. The van der Waals surface area contributed by atoms with Crippen LogP contribution < -0.4 is 0 Å². The van der Waals surface area contributed by atoms with Crippen molar-refractivity contribution in [1.29, 1.82) is 0 Å². The first-order valence-corrected chi connectivity index (χ1v) is 12.7. The quantitative estimate of drug-likeness (QED) is 0.187. The Balaban J connectivity index is 1.98. The number of halogens is 1. The molecule has 0 aromatic heterocycles. The largest absolute Gasteiger partial charge is 0.455 e. The predicted octanol–water partition coefficient (Wildman–Crippen LogP) is 3.26. The van der Waals surface area contributed by atoms with E-state index in [2.05, 4.69) is 5.16 Å². The zero-order valence-electron chi connectivity index (χ0n) is 21.3. The van der Waals surface area contributed by atoms with Gasteiger partial charge >= 0.3 is 5.97 Å². The van der Waals surface area contributed by atoms with Gasteiger partial charge in [0.1, 0.15) is 23.7 Å². The van der Waals surface area contributed by atoms with E-state index in [9.17, 15) is 22.4 Å². The molecule has 0 spiro atoms. The number of hydrogen-bond acceptors (Lipinski definition) is 8. The number of fused-ring (bicyclic) bond motifs is 1. The molecule has 1 saturated heterocycles. The number of benzene rings is 1. The normalized spacial score (nSPS) is 21.9. The topological polar surface area (TPSA) is 106 Å². The second-order valence-electron chi connectivity index (χ2n) is 9.70. The van der Waals surface area contributed by atoms with Crippen LogP contribution in [0.1, 0.15) is 40.2 Å². The number of β-lactam (4-membered cyclic amide) rings is 1. The van der Waals surface area contributed by atoms with Crippen LogP contribution in [0.4, 0.5) is 4.39 Å². The Morgan fingerprint density at radius 3 is 2.47 bits per heavy atom. The second-order valence-corrected chi connectivity index (χ2v) is 11.7. The highest BCUT2D eigenvalue weighted by atomic mass is 32.2. The molecule has 2 aliphatic rings. The summed E-state index contributed by atoms with van der Waals surface area (Å²) in [5.74, 6) is -1.90. The first-order valence-electron chi connectivity index (χ1n) is 11.2. The van der Waals surface area contributed by atoms with E-state index >= 15 is 0 Å². The Hall–Kier alpha value is -3.47. The van der Waals surface area contributed by atoms with Crippen molar-refractivity contribution in [1.82, 2.24) is 9.80 Å². The molecule has 2 heterocycles. The second kappa shape index (κ2) is 9.88. The van der Waals surface area contributed by atoms with Crippen LogP contribution in [-0.4, -0.2) is 60.9 Å². The summed E-state index contributed by atoms with van der Waals surface area (Å²) < 4.78 is 46.3. The number of esters is 1. The monoisotopic (exact) mass is 519 g/mol. The van der Waals surface area contributed by atoms with Crippen LogP contribution in [0.15, 0.2) is 63.4 Å². The molecule has 0 saturated carbocycles. The minimum absolute atomic E-state index is 0.0658. The molecule has 0 bridgehead atoms. The van der Waals surface area contributed by atoms with Crippen LogP contribution >= 0.6 is 0 Å². The summed E-state index contributed by atoms with van der Waals surface area (Å²) >= 11 is 0. The Kier molecular flexibility index (Phi) is 7.45. The molecule has 11 heteroatoms. The Morgan fingerprint density at radius 2 is 1.89 bits per heavy atom. The maximum atomic E-state index is 13.8. The van der Waals surface area contributed by atoms with Gasteiger partial charge in [-0.15, -0.1) is 0 Å². The summed E-state index contributed by atoms with van der Waals surface area (Å²) in [5, 5.41) is 2.45. The van der Waals surface area contributed by atoms with E-state index in [1.807, 2.05) is 0 Å². The summed E-state index contributed by atoms with van der Waals surface area (Å²) in [5.41, 5.74) is -0.418. The van der Waals surface area contributed by atoms with Gasteiger partial charge in [-0.3, -0.25) is 9.69 Å². The van der Waals surface area contributed by atoms with Crippen LogP contribution in [0.3, 0.4) is 0 Å². The SMILES string of the molecule is CC1=C(C(=O)OC(C)(C)C)N2C(=O)/C(=C/C(C)=N/OCc3ccccc3F)C2S(=O)(=O)/C1=C/N(C)C. The van der Waals surface area contributed by atoms with Crippen molar-refractivity contribution in [2.24, 2.45) is 5.16 Å². The van der Waals surface area contributed by atoms with Crippen LogP contribution in [0, 0.1) is 5.82 Å². The number of hydrogen-bond donors (Lipinski definition) is 0. The first-order chi connectivity index (χ1) is 16.6. The zero-order chi connectivity index (χ0) is 27.0. The third kappa shape index (κ3) is 5.35. The molecule has 36 heavy (non-hydrogen) atoms. The van der Waals surface area contributed by atoms with Crippen molar-refractivity contribution in [3.05, 3.63) is 69.7 Å². The Labute approximate surface area is 210 Å². The number of sulfone groups is 1. The van der Waals surface area contributed by atoms with Gasteiger partial charge < -0.3 is 14.5 Å². The van der Waals surface area contributed by atoms with E-state index in [4.69, 9.17) is 9.57 Å². The third-order valence-electron chi connectivity index (χ3n) is 5.25. The van der Waals surface area contributed by atoms with Gasteiger partial charge in [0.25, 0.3) is 5.91 Å². The molecule has 194 valence electrons. The maximum Gasteiger partial charge on any atom is 0.355 e. The summed E-state index contributed by atoms with van der Waals surface area (Å²) in [6, 6.07) is 6.05. The summed E-state index contributed by atoms with van der Waals surface area (Å²) in [4.78, 5) is 33.7. The molecule has 9 nitrogen and oxygen atoms in total. The van der Waals surface area contributed by atoms with E-state index in [1.54, 1.807) is 58.0 Å². The highest BCUT2D eigenvalue weighted by Gasteiger charge is 2.58. The lowest BCUT2D eigenvalue weighted by Gasteiger charge is -2.46. The molecule has 3 rings (SSSR count). The van der Waals surface area contributed by atoms with Crippen LogP contribution in [0.25, 0.3) is 0 Å². The lowest BCUT2D eigenvalue weighted by Crippen LogP contribution is -2.62. The van der Waals surface area contributed by atoms with Gasteiger partial charge in [-0.25, -0.2) is 17.6 Å². The maximum absolute atomic E-state index is 13.8. The first kappa shape index (κ1) is 27.1. The van der Waals surface area contributed by atoms with Crippen LogP contribution in [-0.2, 0) is 35.6 Å². The van der Waals surface area contributed by atoms with Gasteiger partial charge in [0.2, 0.25) is 9.84 Å². The van der Waals surface area contributed by atoms with Gasteiger partial charge in [-0.05, 0) is 46.8 Å². The fraction of sp³-hybridized carbons (Fsp3) is 0.400. The molecule has 0 aliphatic carbocycles.